The Morgan fingerprint density at radius 3 is 0.833 bits per heavy atom. The molecule has 0 aliphatic carbocycles. The van der Waals surface area contributed by atoms with Crippen LogP contribution in [-0.4, -0.2) is 62.8 Å². The van der Waals surface area contributed by atoms with Crippen molar-refractivity contribution < 1.29 is 63.2 Å². The number of phosphoric acid groups is 3. The average molecular weight is 351 g/mol. The predicted molar refractivity (Wildman–Crippen MR) is 54.5 cm³/mol. The maximum Gasteiger partial charge on any atom is 2.00 e. The molecule has 0 spiro atoms. The van der Waals surface area contributed by atoms with E-state index in [1.165, 1.54) is 0 Å². The summed E-state index contributed by atoms with van der Waals surface area (Å²) in [5.74, 6) is 0. The molecule has 18 heteroatoms. The van der Waals surface area contributed by atoms with Crippen LogP contribution in [0.4, 0.5) is 0 Å². The zero-order valence-corrected chi connectivity index (χ0v) is 12.5. The maximum absolute atomic E-state index is 9.63. The monoisotopic (exact) mass is 351 g/mol. The van der Waals surface area contributed by atoms with Crippen molar-refractivity contribution in [1.82, 2.24) is 6.15 Å². The van der Waals surface area contributed by atoms with E-state index in [0.29, 0.717) is 0 Å². The Labute approximate surface area is 116 Å². The molecule has 0 saturated carbocycles. The minimum Gasteiger partial charge on any atom is -2.00 e. The standard InChI is InChI=1S/Mg.H3N.H4O7P2.H3O4P.H2O.O/c;;1-8(2,3)7-9(4,5)6;1-5(2,3)4;;/h;1H3;(H2,1,2,3)(H2,4,5,6);(H3,1,2,3,4);1H2;/q+2;;;;;-2. The quantitative estimate of drug-likeness (QED) is 0.183. The van der Waals surface area contributed by atoms with Crippen molar-refractivity contribution in [2.45, 2.75) is 0 Å². The molecule has 0 unspecified atom stereocenters. The Morgan fingerprint density at radius 2 is 0.833 bits per heavy atom. The summed E-state index contributed by atoms with van der Waals surface area (Å²) in [6.45, 7) is 0. The van der Waals surface area contributed by atoms with Gasteiger partial charge >= 0.3 is 46.5 Å². The molecule has 0 aromatic rings. The second-order valence-electron chi connectivity index (χ2n) is 1.58. The van der Waals surface area contributed by atoms with E-state index in [4.69, 9.17) is 38.8 Å². The largest absolute Gasteiger partial charge is 2.00 e. The Hall–Kier alpha value is 1.02. The van der Waals surface area contributed by atoms with Gasteiger partial charge in [-0.3, -0.25) is 0 Å². The number of hydrogen-bond acceptors (Lipinski definition) is 5. The first-order chi connectivity index (χ1) is 5.71. The van der Waals surface area contributed by atoms with Crippen LogP contribution in [-0.2, 0) is 23.5 Å². The van der Waals surface area contributed by atoms with Gasteiger partial charge in [-0.05, 0) is 0 Å². The van der Waals surface area contributed by atoms with E-state index in [9.17, 15) is 9.13 Å². The molecule has 0 heterocycles. The first-order valence-electron chi connectivity index (χ1n) is 2.31. The van der Waals surface area contributed by atoms with Gasteiger partial charge in [-0.15, -0.1) is 0 Å². The third-order valence-electron chi connectivity index (χ3n) is 0.213. The van der Waals surface area contributed by atoms with E-state index >= 15 is 0 Å². The van der Waals surface area contributed by atoms with Gasteiger partial charge in [0.15, 0.2) is 0 Å². The van der Waals surface area contributed by atoms with Crippen LogP contribution in [0.3, 0.4) is 0 Å². The summed E-state index contributed by atoms with van der Waals surface area (Å²) < 4.78 is 31.1. The molecule has 14 nitrogen and oxygen atoms in total. The fourth-order valence-electron chi connectivity index (χ4n) is 0.139. The Morgan fingerprint density at radius 1 is 0.722 bits per heavy atom. The summed E-state index contributed by atoms with van der Waals surface area (Å²) in [5.41, 5.74) is 0. The number of hydrogen-bond donors (Lipinski definition) is 8. The first-order valence-corrected chi connectivity index (χ1v) is 6.94. The molecule has 0 aromatic carbocycles. The molecular weight excluding hydrogens is 339 g/mol. The van der Waals surface area contributed by atoms with E-state index < -0.39 is 23.5 Å². The zero-order chi connectivity index (χ0) is 12.2. The van der Waals surface area contributed by atoms with E-state index in [1.54, 1.807) is 0 Å². The van der Waals surface area contributed by atoms with Crippen molar-refractivity contribution in [3.05, 3.63) is 0 Å². The summed E-state index contributed by atoms with van der Waals surface area (Å²) in [6.07, 6.45) is 0. The van der Waals surface area contributed by atoms with Gasteiger partial charge in [-0.1, -0.05) is 0 Å². The van der Waals surface area contributed by atoms with E-state index in [2.05, 4.69) is 4.31 Å². The molecule has 0 aliphatic heterocycles. The van der Waals surface area contributed by atoms with E-state index in [0.717, 1.165) is 0 Å². The van der Waals surface area contributed by atoms with Crippen LogP contribution >= 0.6 is 23.5 Å². The van der Waals surface area contributed by atoms with E-state index in [-0.39, 0.29) is 40.2 Å². The van der Waals surface area contributed by atoms with Gasteiger partial charge in [0.25, 0.3) is 0 Å². The second kappa shape index (κ2) is 13.0. The fraction of sp³-hybridized carbons (Fsp3) is 0. The predicted octanol–water partition coefficient (Wildman–Crippen LogP) is -2.90. The van der Waals surface area contributed by atoms with Gasteiger partial charge in [0.1, 0.15) is 0 Å². The number of rotatable bonds is 2. The van der Waals surface area contributed by atoms with Crippen LogP contribution in [0, 0.1) is 0 Å². The van der Waals surface area contributed by atoms with Crippen LogP contribution in [0.25, 0.3) is 0 Å². The molecule has 0 fully saturated rings. The minimum absolute atomic E-state index is 0. The van der Waals surface area contributed by atoms with Crippen LogP contribution < -0.4 is 6.15 Å². The normalized spacial score (nSPS) is 10.2. The van der Waals surface area contributed by atoms with Gasteiger partial charge in [0.2, 0.25) is 0 Å². The van der Waals surface area contributed by atoms with Crippen molar-refractivity contribution in [3.63, 3.8) is 0 Å². The summed E-state index contributed by atoms with van der Waals surface area (Å²) in [7, 11) is -14.7. The molecule has 18 heavy (non-hydrogen) atoms. The molecule has 12 N–H and O–H groups in total. The summed E-state index contributed by atoms with van der Waals surface area (Å²) >= 11 is 0. The smallest absolute Gasteiger partial charge is 2.00 e. The van der Waals surface area contributed by atoms with Crippen LogP contribution in [0.1, 0.15) is 0 Å². The topological polar surface area (TPSA) is 297 Å². The van der Waals surface area contributed by atoms with Crippen molar-refractivity contribution in [2.75, 3.05) is 0 Å². The fourth-order valence-corrected chi connectivity index (χ4v) is 1.25. The molecule has 0 amide bonds. The molecular formula is H12MgNO13P3. The molecule has 0 saturated heterocycles. The van der Waals surface area contributed by atoms with Gasteiger partial charge < -0.3 is 51.4 Å². The summed E-state index contributed by atoms with van der Waals surface area (Å²) in [4.78, 5) is 52.6. The average Bonchev–Trinajstić information content (AvgIpc) is 1.42. The zero-order valence-electron chi connectivity index (χ0n) is 8.43. The van der Waals surface area contributed by atoms with Crippen LogP contribution in [0.2, 0.25) is 0 Å². The first kappa shape index (κ1) is 36.4. The SMILES string of the molecule is N.O.O=P(O)(O)O.O=P(O)(O)OP(=O)(O)O.[Mg+2].[O-2]. The molecule has 0 atom stereocenters. The van der Waals surface area contributed by atoms with Gasteiger partial charge in [-0.25, -0.2) is 13.7 Å². The third kappa shape index (κ3) is 88.7. The van der Waals surface area contributed by atoms with Crippen LogP contribution in [0.5, 0.6) is 0 Å². The summed E-state index contributed by atoms with van der Waals surface area (Å²) in [5, 5.41) is 0. The Balaban J connectivity index is -0.0000000359. The van der Waals surface area contributed by atoms with Crippen LogP contribution in [0.15, 0.2) is 0 Å². The van der Waals surface area contributed by atoms with E-state index in [1.807, 2.05) is 0 Å². The Bertz CT molecular complexity index is 265. The van der Waals surface area contributed by atoms with Crippen molar-refractivity contribution >= 4 is 46.5 Å². The second-order valence-corrected chi connectivity index (χ2v) is 5.22. The third-order valence-corrected chi connectivity index (χ3v) is 1.91. The molecule has 112 valence electrons. The summed E-state index contributed by atoms with van der Waals surface area (Å²) in [6, 6.07) is 0. The van der Waals surface area contributed by atoms with Crippen molar-refractivity contribution in [1.29, 1.82) is 0 Å². The van der Waals surface area contributed by atoms with Crippen molar-refractivity contribution in [2.24, 2.45) is 0 Å². The molecule has 0 aromatic heterocycles. The maximum atomic E-state index is 9.63. The minimum atomic E-state index is -5.05. The van der Waals surface area contributed by atoms with Gasteiger partial charge in [-0.2, -0.15) is 4.31 Å². The molecule has 0 radical (unpaired) electrons. The van der Waals surface area contributed by atoms with Crippen molar-refractivity contribution in [3.8, 4) is 0 Å². The Kier molecular flexibility index (Phi) is 26.4. The van der Waals surface area contributed by atoms with Gasteiger partial charge in [0.05, 0.1) is 0 Å². The molecule has 0 rings (SSSR count). The molecule has 0 bridgehead atoms. The van der Waals surface area contributed by atoms with Gasteiger partial charge in [0, 0.05) is 0 Å². The molecule has 0 aliphatic rings.